The zero-order valence-electron chi connectivity index (χ0n) is 11.2. The van der Waals surface area contributed by atoms with Gasteiger partial charge in [0.2, 0.25) is 5.89 Å². The normalized spacial score (nSPS) is 10.7. The topological polar surface area (TPSA) is 101 Å². The molecule has 0 radical (unpaired) electrons. The van der Waals surface area contributed by atoms with Gasteiger partial charge in [-0.1, -0.05) is 11.2 Å². The van der Waals surface area contributed by atoms with E-state index in [0.717, 1.165) is 0 Å². The fourth-order valence-corrected chi connectivity index (χ4v) is 2.02. The van der Waals surface area contributed by atoms with Crippen LogP contribution in [0.25, 0.3) is 10.9 Å². The van der Waals surface area contributed by atoms with Gasteiger partial charge in [-0.3, -0.25) is 0 Å². The van der Waals surface area contributed by atoms with Crippen molar-refractivity contribution in [1.29, 1.82) is 0 Å². The van der Waals surface area contributed by atoms with Crippen molar-refractivity contribution in [2.75, 3.05) is 5.32 Å². The summed E-state index contributed by atoms with van der Waals surface area (Å²) in [6.45, 7) is 2.10. The minimum atomic E-state index is -0.967. The zero-order chi connectivity index (χ0) is 14.8. The molecule has 0 atom stereocenters. The van der Waals surface area contributed by atoms with Crippen LogP contribution in [0.5, 0.6) is 0 Å². The number of nitrogens with one attached hydrogen (secondary N) is 1. The van der Waals surface area contributed by atoms with Gasteiger partial charge in [-0.05, 0) is 24.3 Å². The first kappa shape index (κ1) is 13.0. The van der Waals surface area contributed by atoms with Crippen LogP contribution in [0.1, 0.15) is 22.1 Å². The van der Waals surface area contributed by atoms with Gasteiger partial charge in [0.25, 0.3) is 0 Å². The molecule has 3 aromatic rings. The quantitative estimate of drug-likeness (QED) is 0.757. The van der Waals surface area contributed by atoms with E-state index in [1.165, 1.54) is 0 Å². The molecule has 0 unspecified atom stereocenters. The third-order valence-electron chi connectivity index (χ3n) is 2.96. The van der Waals surface area contributed by atoms with Gasteiger partial charge in [-0.25, -0.2) is 9.78 Å². The standard InChI is InChI=1S/C14H12N4O3/c1-8-16-13(18-21-8)7-15-12-6-5-9-10(14(19)20)3-2-4-11(9)17-12/h2-6H,7H2,1H3,(H,15,17)(H,19,20). The zero-order valence-corrected chi connectivity index (χ0v) is 11.2. The third-order valence-corrected chi connectivity index (χ3v) is 2.96. The Morgan fingerprint density at radius 1 is 1.29 bits per heavy atom. The summed E-state index contributed by atoms with van der Waals surface area (Å²) in [6, 6.07) is 8.45. The van der Waals surface area contributed by atoms with Crippen LogP contribution in [0.15, 0.2) is 34.9 Å². The number of hydrogen-bond donors (Lipinski definition) is 2. The first-order valence-electron chi connectivity index (χ1n) is 6.29. The lowest BCUT2D eigenvalue weighted by Crippen LogP contribution is -2.04. The Bertz CT molecular complexity index is 813. The molecule has 0 saturated heterocycles. The van der Waals surface area contributed by atoms with Gasteiger partial charge in [0.15, 0.2) is 5.82 Å². The van der Waals surface area contributed by atoms with E-state index < -0.39 is 5.97 Å². The molecule has 2 aromatic heterocycles. The molecule has 0 aliphatic rings. The van der Waals surface area contributed by atoms with Crippen molar-refractivity contribution in [3.05, 3.63) is 47.6 Å². The average molecular weight is 284 g/mol. The van der Waals surface area contributed by atoms with E-state index >= 15 is 0 Å². The van der Waals surface area contributed by atoms with Crippen LogP contribution in [0.3, 0.4) is 0 Å². The molecule has 0 aliphatic carbocycles. The van der Waals surface area contributed by atoms with Crippen LogP contribution in [-0.2, 0) is 6.54 Å². The smallest absolute Gasteiger partial charge is 0.336 e. The lowest BCUT2D eigenvalue weighted by atomic mass is 10.1. The van der Waals surface area contributed by atoms with Gasteiger partial charge in [0, 0.05) is 12.3 Å². The van der Waals surface area contributed by atoms with E-state index in [1.54, 1.807) is 37.3 Å². The minimum Gasteiger partial charge on any atom is -0.478 e. The molecule has 0 aliphatic heterocycles. The number of hydrogen-bond acceptors (Lipinski definition) is 6. The molecule has 3 rings (SSSR count). The highest BCUT2D eigenvalue weighted by atomic mass is 16.5. The van der Waals surface area contributed by atoms with Crippen molar-refractivity contribution in [3.63, 3.8) is 0 Å². The number of rotatable bonds is 4. The summed E-state index contributed by atoms with van der Waals surface area (Å²) in [6.07, 6.45) is 0. The fraction of sp³-hybridized carbons (Fsp3) is 0.143. The number of anilines is 1. The summed E-state index contributed by atoms with van der Waals surface area (Å²) in [4.78, 5) is 19.6. The summed E-state index contributed by atoms with van der Waals surface area (Å²) in [5, 5.41) is 16.6. The fourth-order valence-electron chi connectivity index (χ4n) is 2.02. The van der Waals surface area contributed by atoms with Crippen molar-refractivity contribution in [3.8, 4) is 0 Å². The summed E-state index contributed by atoms with van der Waals surface area (Å²) in [5.74, 6) is 0.691. The average Bonchev–Trinajstić information content (AvgIpc) is 2.89. The van der Waals surface area contributed by atoms with E-state index in [-0.39, 0.29) is 5.56 Å². The molecule has 2 N–H and O–H groups in total. The lowest BCUT2D eigenvalue weighted by Gasteiger charge is -2.06. The molecule has 21 heavy (non-hydrogen) atoms. The number of carboxylic acid groups (broad SMARTS) is 1. The van der Waals surface area contributed by atoms with Gasteiger partial charge >= 0.3 is 5.97 Å². The van der Waals surface area contributed by atoms with Crippen molar-refractivity contribution >= 4 is 22.7 Å². The molecular weight excluding hydrogens is 272 g/mol. The largest absolute Gasteiger partial charge is 0.478 e. The number of aromatic carboxylic acids is 1. The van der Waals surface area contributed by atoms with E-state index in [2.05, 4.69) is 20.4 Å². The second kappa shape index (κ2) is 5.20. The van der Waals surface area contributed by atoms with Crippen molar-refractivity contribution in [1.82, 2.24) is 15.1 Å². The summed E-state index contributed by atoms with van der Waals surface area (Å²) >= 11 is 0. The highest BCUT2D eigenvalue weighted by Gasteiger charge is 2.09. The second-order valence-corrected chi connectivity index (χ2v) is 4.46. The predicted octanol–water partition coefficient (Wildman–Crippen LogP) is 2.24. The second-order valence-electron chi connectivity index (χ2n) is 4.46. The van der Waals surface area contributed by atoms with Gasteiger partial charge in [0.1, 0.15) is 5.82 Å². The minimum absolute atomic E-state index is 0.236. The first-order valence-corrected chi connectivity index (χ1v) is 6.29. The molecular formula is C14H12N4O3. The van der Waals surface area contributed by atoms with Crippen LogP contribution in [0.4, 0.5) is 5.82 Å². The van der Waals surface area contributed by atoms with Crippen LogP contribution in [0, 0.1) is 6.92 Å². The maximum absolute atomic E-state index is 11.1. The summed E-state index contributed by atoms with van der Waals surface area (Å²) in [5.41, 5.74) is 0.851. The van der Waals surface area contributed by atoms with Gasteiger partial charge in [-0.2, -0.15) is 4.98 Å². The summed E-state index contributed by atoms with van der Waals surface area (Å²) in [7, 11) is 0. The number of carboxylic acids is 1. The molecule has 0 saturated carbocycles. The Kier molecular flexibility index (Phi) is 3.23. The monoisotopic (exact) mass is 284 g/mol. The van der Waals surface area contributed by atoms with Crippen molar-refractivity contribution < 1.29 is 14.4 Å². The van der Waals surface area contributed by atoms with E-state index in [9.17, 15) is 4.79 Å². The number of carbonyl (C=O) groups is 1. The third kappa shape index (κ3) is 2.66. The Hall–Kier alpha value is -2.96. The van der Waals surface area contributed by atoms with Crippen LogP contribution >= 0.6 is 0 Å². The van der Waals surface area contributed by atoms with Crippen molar-refractivity contribution in [2.24, 2.45) is 0 Å². The molecule has 7 nitrogen and oxygen atoms in total. The van der Waals surface area contributed by atoms with E-state index in [1.807, 2.05) is 0 Å². The maximum Gasteiger partial charge on any atom is 0.336 e. The number of pyridine rings is 1. The van der Waals surface area contributed by atoms with E-state index in [4.69, 9.17) is 9.63 Å². The highest BCUT2D eigenvalue weighted by molar-refractivity contribution is 6.02. The summed E-state index contributed by atoms with van der Waals surface area (Å²) < 4.78 is 4.88. The maximum atomic E-state index is 11.1. The van der Waals surface area contributed by atoms with Crippen LogP contribution < -0.4 is 5.32 Å². The molecule has 1 aromatic carbocycles. The lowest BCUT2D eigenvalue weighted by molar-refractivity contribution is 0.0699. The first-order chi connectivity index (χ1) is 10.1. The molecule has 7 heteroatoms. The van der Waals surface area contributed by atoms with Crippen LogP contribution in [0.2, 0.25) is 0 Å². The number of nitrogens with zero attached hydrogens (tertiary/aromatic N) is 3. The van der Waals surface area contributed by atoms with Crippen LogP contribution in [-0.4, -0.2) is 26.2 Å². The molecule has 0 fully saturated rings. The molecule has 106 valence electrons. The molecule has 0 amide bonds. The molecule has 2 heterocycles. The van der Waals surface area contributed by atoms with Gasteiger partial charge in [0.05, 0.1) is 17.6 Å². The van der Waals surface area contributed by atoms with Gasteiger partial charge in [-0.15, -0.1) is 0 Å². The van der Waals surface area contributed by atoms with E-state index in [0.29, 0.717) is 35.0 Å². The molecule has 0 bridgehead atoms. The number of aryl methyl sites for hydroxylation is 1. The number of benzene rings is 1. The Morgan fingerprint density at radius 3 is 2.86 bits per heavy atom. The SMILES string of the molecule is Cc1nc(CNc2ccc3c(C(=O)O)cccc3n2)no1. The Balaban J connectivity index is 1.86. The highest BCUT2D eigenvalue weighted by Crippen LogP contribution is 2.19. The molecule has 0 spiro atoms. The number of fused-ring (bicyclic) bond motifs is 1. The Labute approximate surface area is 119 Å². The Morgan fingerprint density at radius 2 is 2.14 bits per heavy atom. The number of aromatic nitrogens is 3. The predicted molar refractivity (Wildman–Crippen MR) is 75.1 cm³/mol. The van der Waals surface area contributed by atoms with Crippen molar-refractivity contribution in [2.45, 2.75) is 13.5 Å². The van der Waals surface area contributed by atoms with Gasteiger partial charge < -0.3 is 14.9 Å².